The Hall–Kier alpha value is -2.05. The molecule has 104 valence electrons. The van der Waals surface area contributed by atoms with Crippen molar-refractivity contribution in [3.63, 3.8) is 0 Å². The number of amides is 2. The van der Waals surface area contributed by atoms with Gasteiger partial charge in [-0.2, -0.15) is 5.10 Å². The van der Waals surface area contributed by atoms with E-state index in [4.69, 9.17) is 5.11 Å². The normalized spacial score (nSPS) is 22.8. The monoisotopic (exact) mass is 266 g/mol. The van der Waals surface area contributed by atoms with E-state index >= 15 is 0 Å². The van der Waals surface area contributed by atoms with Crippen molar-refractivity contribution in [2.75, 3.05) is 5.32 Å². The number of hydrogen-bond donors (Lipinski definition) is 3. The molecule has 1 aliphatic carbocycles. The van der Waals surface area contributed by atoms with E-state index in [1.54, 1.807) is 17.9 Å². The first-order valence-electron chi connectivity index (χ1n) is 6.35. The van der Waals surface area contributed by atoms with E-state index in [1.165, 1.54) is 6.20 Å². The maximum atomic E-state index is 11.8. The first-order chi connectivity index (χ1) is 9.06. The molecule has 1 heterocycles. The summed E-state index contributed by atoms with van der Waals surface area (Å²) in [7, 11) is 1.75. The van der Waals surface area contributed by atoms with E-state index in [1.807, 2.05) is 0 Å². The van der Waals surface area contributed by atoms with Crippen LogP contribution in [0.3, 0.4) is 0 Å². The topological polar surface area (TPSA) is 96.2 Å². The molecule has 0 aliphatic heterocycles. The maximum absolute atomic E-state index is 11.8. The molecule has 2 atom stereocenters. The van der Waals surface area contributed by atoms with E-state index < -0.39 is 11.9 Å². The van der Waals surface area contributed by atoms with Gasteiger partial charge in [0.15, 0.2) is 0 Å². The average molecular weight is 266 g/mol. The van der Waals surface area contributed by atoms with Crippen molar-refractivity contribution < 1.29 is 14.7 Å². The summed E-state index contributed by atoms with van der Waals surface area (Å²) in [5.41, 5.74) is 0.586. The minimum absolute atomic E-state index is 0.303. The Morgan fingerprint density at radius 2 is 2.16 bits per heavy atom. The summed E-state index contributed by atoms with van der Waals surface area (Å²) in [6, 6.07) is -0.686. The van der Waals surface area contributed by atoms with Crippen molar-refractivity contribution in [2.24, 2.45) is 13.0 Å². The second-order valence-electron chi connectivity index (χ2n) is 4.84. The predicted molar refractivity (Wildman–Crippen MR) is 68.7 cm³/mol. The molecule has 1 fully saturated rings. The van der Waals surface area contributed by atoms with Gasteiger partial charge in [0.1, 0.15) is 0 Å². The molecule has 0 saturated heterocycles. The molecule has 1 aromatic heterocycles. The van der Waals surface area contributed by atoms with Crippen LogP contribution in [0.25, 0.3) is 0 Å². The summed E-state index contributed by atoms with van der Waals surface area (Å²) in [5, 5.41) is 18.5. The minimum atomic E-state index is -0.841. The molecule has 0 spiro atoms. The highest BCUT2D eigenvalue weighted by Gasteiger charge is 2.31. The van der Waals surface area contributed by atoms with Crippen LogP contribution in [0.5, 0.6) is 0 Å². The lowest BCUT2D eigenvalue weighted by atomic mass is 9.84. The number of nitrogens with one attached hydrogen (secondary N) is 2. The van der Waals surface area contributed by atoms with E-state index in [2.05, 4.69) is 15.7 Å². The molecule has 2 unspecified atom stereocenters. The van der Waals surface area contributed by atoms with Gasteiger partial charge in [-0.1, -0.05) is 12.8 Å². The van der Waals surface area contributed by atoms with E-state index in [0.717, 1.165) is 12.8 Å². The van der Waals surface area contributed by atoms with E-state index in [-0.39, 0.29) is 12.1 Å². The van der Waals surface area contributed by atoms with Crippen LogP contribution in [-0.2, 0) is 11.8 Å². The van der Waals surface area contributed by atoms with Gasteiger partial charge in [0.05, 0.1) is 17.8 Å². The van der Waals surface area contributed by atoms with Crippen molar-refractivity contribution in [3.05, 3.63) is 12.4 Å². The molecule has 0 aromatic carbocycles. The van der Waals surface area contributed by atoms with Crippen molar-refractivity contribution in [2.45, 2.75) is 31.7 Å². The Morgan fingerprint density at radius 3 is 2.79 bits per heavy atom. The second-order valence-corrected chi connectivity index (χ2v) is 4.84. The molecule has 7 heteroatoms. The second kappa shape index (κ2) is 5.73. The van der Waals surface area contributed by atoms with Gasteiger partial charge in [0.2, 0.25) is 0 Å². The first kappa shape index (κ1) is 13.4. The predicted octanol–water partition coefficient (Wildman–Crippen LogP) is 1.18. The third kappa shape index (κ3) is 3.46. The number of nitrogens with zero attached hydrogens (tertiary/aromatic N) is 2. The lowest BCUT2D eigenvalue weighted by Crippen LogP contribution is -2.46. The standard InChI is InChI=1S/C12H18N4O3/c1-16-7-8(6-13-16)14-12(19)15-10-5-3-2-4-9(10)11(17)18/h6-7,9-10H,2-5H2,1H3,(H,17,18)(H2,14,15,19). The van der Waals surface area contributed by atoms with Gasteiger partial charge < -0.3 is 15.7 Å². The molecule has 0 radical (unpaired) electrons. The lowest BCUT2D eigenvalue weighted by molar-refractivity contribution is -0.143. The highest BCUT2D eigenvalue weighted by molar-refractivity contribution is 5.89. The molecule has 2 rings (SSSR count). The molecular weight excluding hydrogens is 248 g/mol. The minimum Gasteiger partial charge on any atom is -0.481 e. The van der Waals surface area contributed by atoms with Crippen LogP contribution in [0, 0.1) is 5.92 Å². The quantitative estimate of drug-likeness (QED) is 0.765. The number of anilines is 1. The number of carboxylic acids is 1. The van der Waals surface area contributed by atoms with Crippen LogP contribution in [0.4, 0.5) is 10.5 Å². The summed E-state index contributed by atoms with van der Waals surface area (Å²) in [6.07, 6.45) is 6.38. The molecule has 7 nitrogen and oxygen atoms in total. The molecule has 1 saturated carbocycles. The molecule has 1 aliphatic rings. The van der Waals surface area contributed by atoms with Crippen LogP contribution < -0.4 is 10.6 Å². The van der Waals surface area contributed by atoms with Crippen LogP contribution in [0.2, 0.25) is 0 Å². The molecule has 19 heavy (non-hydrogen) atoms. The lowest BCUT2D eigenvalue weighted by Gasteiger charge is -2.29. The van der Waals surface area contributed by atoms with Crippen molar-refractivity contribution >= 4 is 17.7 Å². The number of aliphatic carboxylic acids is 1. The van der Waals surface area contributed by atoms with Gasteiger partial charge in [-0.3, -0.25) is 9.48 Å². The van der Waals surface area contributed by atoms with Crippen LogP contribution in [-0.4, -0.2) is 32.9 Å². The van der Waals surface area contributed by atoms with Crippen molar-refractivity contribution in [1.29, 1.82) is 0 Å². The average Bonchev–Trinajstić information content (AvgIpc) is 2.75. The summed E-state index contributed by atoms with van der Waals surface area (Å²) < 4.78 is 1.58. The number of aromatic nitrogens is 2. The number of urea groups is 1. The number of aryl methyl sites for hydroxylation is 1. The number of hydrogen-bond acceptors (Lipinski definition) is 3. The Morgan fingerprint density at radius 1 is 1.42 bits per heavy atom. The number of rotatable bonds is 3. The zero-order valence-corrected chi connectivity index (χ0v) is 10.8. The summed E-state index contributed by atoms with van der Waals surface area (Å²) >= 11 is 0. The van der Waals surface area contributed by atoms with Crippen LogP contribution in [0.1, 0.15) is 25.7 Å². The van der Waals surface area contributed by atoms with Crippen molar-refractivity contribution in [1.82, 2.24) is 15.1 Å². The highest BCUT2D eigenvalue weighted by atomic mass is 16.4. The fourth-order valence-electron chi connectivity index (χ4n) is 2.42. The number of carboxylic acid groups (broad SMARTS) is 1. The zero-order chi connectivity index (χ0) is 13.8. The first-order valence-corrected chi connectivity index (χ1v) is 6.35. The molecule has 2 amide bonds. The van der Waals surface area contributed by atoms with Crippen LogP contribution in [0.15, 0.2) is 12.4 Å². The van der Waals surface area contributed by atoms with Gasteiger partial charge in [-0.05, 0) is 12.8 Å². The maximum Gasteiger partial charge on any atom is 0.319 e. The molecule has 1 aromatic rings. The van der Waals surface area contributed by atoms with Gasteiger partial charge >= 0.3 is 12.0 Å². The van der Waals surface area contributed by atoms with Gasteiger partial charge in [0, 0.05) is 19.3 Å². The molecular formula is C12H18N4O3. The largest absolute Gasteiger partial charge is 0.481 e. The number of carbonyl (C=O) groups excluding carboxylic acids is 1. The van der Waals surface area contributed by atoms with Gasteiger partial charge in [-0.25, -0.2) is 4.79 Å². The smallest absolute Gasteiger partial charge is 0.319 e. The molecule has 3 N–H and O–H groups in total. The zero-order valence-electron chi connectivity index (χ0n) is 10.8. The van der Waals surface area contributed by atoms with E-state index in [0.29, 0.717) is 18.5 Å². The summed E-state index contributed by atoms with van der Waals surface area (Å²) in [5.74, 6) is -1.33. The van der Waals surface area contributed by atoms with Gasteiger partial charge in [-0.15, -0.1) is 0 Å². The third-order valence-electron chi connectivity index (χ3n) is 3.36. The SMILES string of the molecule is Cn1cc(NC(=O)NC2CCCCC2C(=O)O)cn1. The molecule has 0 bridgehead atoms. The number of carbonyl (C=O) groups is 2. The fourth-order valence-corrected chi connectivity index (χ4v) is 2.42. The Kier molecular flexibility index (Phi) is 4.03. The summed E-state index contributed by atoms with van der Waals surface area (Å²) in [6.45, 7) is 0. The Balaban J connectivity index is 1.91. The fraction of sp³-hybridized carbons (Fsp3) is 0.583. The highest BCUT2D eigenvalue weighted by Crippen LogP contribution is 2.24. The van der Waals surface area contributed by atoms with Crippen molar-refractivity contribution in [3.8, 4) is 0 Å². The summed E-state index contributed by atoms with van der Waals surface area (Å²) in [4.78, 5) is 22.9. The third-order valence-corrected chi connectivity index (χ3v) is 3.36. The van der Waals surface area contributed by atoms with Crippen LogP contribution >= 0.6 is 0 Å². The van der Waals surface area contributed by atoms with E-state index in [9.17, 15) is 9.59 Å². The Labute approximate surface area is 111 Å². The Bertz CT molecular complexity index is 471. The van der Waals surface area contributed by atoms with Gasteiger partial charge in [0.25, 0.3) is 0 Å².